The van der Waals surface area contributed by atoms with Crippen molar-refractivity contribution in [1.29, 1.82) is 0 Å². The lowest BCUT2D eigenvalue weighted by Gasteiger charge is -2.07. The van der Waals surface area contributed by atoms with Crippen molar-refractivity contribution in [1.82, 2.24) is 0 Å². The Morgan fingerprint density at radius 3 is 2.80 bits per heavy atom. The average Bonchev–Trinajstić information content (AvgIpc) is 1.90. The molecule has 0 heterocycles. The van der Waals surface area contributed by atoms with Crippen LogP contribution in [0.2, 0.25) is 0 Å². The third kappa shape index (κ3) is 4.09. The number of carbonyl (C=O) groups excluding carboxylic acids is 1. The lowest BCUT2D eigenvalue weighted by molar-refractivity contribution is -0.142. The molecule has 58 valence electrons. The normalized spacial score (nSPS) is 12.2. The Morgan fingerprint density at radius 2 is 2.50 bits per heavy atom. The second-order valence-corrected chi connectivity index (χ2v) is 1.98. The molecule has 0 aromatic rings. The molecule has 0 radical (unpaired) electrons. The van der Waals surface area contributed by atoms with Crippen LogP contribution in [-0.2, 0) is 9.53 Å². The minimum Gasteiger partial charge on any atom is -0.465 e. The van der Waals surface area contributed by atoms with Crippen molar-refractivity contribution in [3.05, 3.63) is 12.7 Å². The molecule has 3 nitrogen and oxygen atoms in total. The van der Waals surface area contributed by atoms with Gasteiger partial charge in [0.05, 0.1) is 13.2 Å². The van der Waals surface area contributed by atoms with Crippen molar-refractivity contribution in [2.75, 3.05) is 13.2 Å². The third-order valence-electron chi connectivity index (χ3n) is 1.07. The topological polar surface area (TPSA) is 46.5 Å². The Hall–Kier alpha value is -0.830. The largest absolute Gasteiger partial charge is 0.465 e. The molecule has 1 atom stereocenters. The van der Waals surface area contributed by atoms with Crippen molar-refractivity contribution in [2.45, 2.75) is 6.92 Å². The minimum atomic E-state index is -0.333. The molecule has 0 aliphatic carbocycles. The molecule has 0 rings (SSSR count). The first-order chi connectivity index (χ1) is 4.70. The van der Waals surface area contributed by atoms with Gasteiger partial charge in [0, 0.05) is 12.8 Å². The molecule has 0 saturated carbocycles. The number of hydrogen-bond donors (Lipinski definition) is 1. The van der Waals surface area contributed by atoms with Crippen LogP contribution in [0.4, 0.5) is 0 Å². The second kappa shape index (κ2) is 4.99. The van der Waals surface area contributed by atoms with Gasteiger partial charge in [-0.25, -0.2) is 0 Å². The number of carbonyl (C=O) groups is 1. The minimum absolute atomic E-state index is 0.0310. The van der Waals surface area contributed by atoms with E-state index in [4.69, 9.17) is 5.11 Å². The van der Waals surface area contributed by atoms with Gasteiger partial charge >= 0.3 is 5.97 Å². The van der Waals surface area contributed by atoms with Crippen LogP contribution in [0, 0.1) is 5.92 Å². The van der Waals surface area contributed by atoms with E-state index in [-0.39, 0.29) is 25.1 Å². The van der Waals surface area contributed by atoms with E-state index in [9.17, 15) is 4.79 Å². The van der Waals surface area contributed by atoms with Gasteiger partial charge in [0.1, 0.15) is 0 Å². The fraction of sp³-hybridized carbons (Fsp3) is 0.571. The van der Waals surface area contributed by atoms with Crippen LogP contribution < -0.4 is 0 Å². The van der Waals surface area contributed by atoms with E-state index in [0.29, 0.717) is 0 Å². The average molecular weight is 144 g/mol. The SMILES string of the molecule is C=C[C@@H](CO)COC(C)=O. The van der Waals surface area contributed by atoms with E-state index in [1.165, 1.54) is 6.92 Å². The summed E-state index contributed by atoms with van der Waals surface area (Å²) < 4.78 is 4.62. The monoisotopic (exact) mass is 144 g/mol. The van der Waals surface area contributed by atoms with Crippen molar-refractivity contribution in [2.24, 2.45) is 5.92 Å². The van der Waals surface area contributed by atoms with Crippen LogP contribution in [0.15, 0.2) is 12.7 Å². The molecule has 0 aliphatic heterocycles. The highest BCUT2D eigenvalue weighted by Gasteiger charge is 2.02. The molecule has 0 unspecified atom stereocenters. The first-order valence-electron chi connectivity index (χ1n) is 3.07. The summed E-state index contributed by atoms with van der Waals surface area (Å²) in [4.78, 5) is 10.2. The van der Waals surface area contributed by atoms with Gasteiger partial charge in [0.2, 0.25) is 0 Å². The number of aliphatic hydroxyl groups is 1. The highest BCUT2D eigenvalue weighted by Crippen LogP contribution is 1.96. The lowest BCUT2D eigenvalue weighted by Crippen LogP contribution is -2.13. The van der Waals surface area contributed by atoms with Gasteiger partial charge < -0.3 is 9.84 Å². The van der Waals surface area contributed by atoms with Gasteiger partial charge in [-0.1, -0.05) is 6.08 Å². The van der Waals surface area contributed by atoms with Gasteiger partial charge in [0.15, 0.2) is 0 Å². The zero-order chi connectivity index (χ0) is 7.98. The van der Waals surface area contributed by atoms with Gasteiger partial charge in [-0.3, -0.25) is 4.79 Å². The molecule has 0 aromatic carbocycles. The highest BCUT2D eigenvalue weighted by molar-refractivity contribution is 5.65. The lowest BCUT2D eigenvalue weighted by atomic mass is 10.2. The molecule has 3 heteroatoms. The number of esters is 1. The summed E-state index contributed by atoms with van der Waals surface area (Å²) >= 11 is 0. The van der Waals surface area contributed by atoms with E-state index in [1.807, 2.05) is 0 Å². The molecular weight excluding hydrogens is 132 g/mol. The van der Waals surface area contributed by atoms with Crippen molar-refractivity contribution in [3.63, 3.8) is 0 Å². The van der Waals surface area contributed by atoms with Crippen LogP contribution in [0.25, 0.3) is 0 Å². The Balaban J connectivity index is 3.44. The standard InChI is InChI=1S/C7H12O3/c1-3-7(4-8)5-10-6(2)9/h3,7-8H,1,4-5H2,2H3/t7-/m0/s1. The first kappa shape index (κ1) is 9.17. The predicted octanol–water partition coefficient (Wildman–Crippen LogP) is 0.344. The van der Waals surface area contributed by atoms with E-state index in [2.05, 4.69) is 11.3 Å². The van der Waals surface area contributed by atoms with Crippen molar-refractivity contribution in [3.8, 4) is 0 Å². The second-order valence-electron chi connectivity index (χ2n) is 1.98. The van der Waals surface area contributed by atoms with Gasteiger partial charge in [-0.05, 0) is 0 Å². The fourth-order valence-electron chi connectivity index (χ4n) is 0.420. The summed E-state index contributed by atoms with van der Waals surface area (Å²) in [5, 5.41) is 8.58. The van der Waals surface area contributed by atoms with Crippen LogP contribution in [0.3, 0.4) is 0 Å². The Bertz CT molecular complexity index is 120. The van der Waals surface area contributed by atoms with Crippen LogP contribution >= 0.6 is 0 Å². The molecule has 0 fully saturated rings. The Labute approximate surface area is 60.3 Å². The summed E-state index contributed by atoms with van der Waals surface area (Å²) in [5.41, 5.74) is 0. The molecule has 0 bridgehead atoms. The molecule has 0 aliphatic rings. The summed E-state index contributed by atoms with van der Waals surface area (Å²) in [7, 11) is 0. The quantitative estimate of drug-likeness (QED) is 0.457. The van der Waals surface area contributed by atoms with Crippen LogP contribution in [0.1, 0.15) is 6.92 Å². The molecule has 0 saturated heterocycles. The summed E-state index contributed by atoms with van der Waals surface area (Å²) in [6.45, 7) is 4.98. The van der Waals surface area contributed by atoms with E-state index in [0.717, 1.165) is 0 Å². The number of hydrogen-bond acceptors (Lipinski definition) is 3. The van der Waals surface area contributed by atoms with Crippen LogP contribution in [-0.4, -0.2) is 24.3 Å². The zero-order valence-electron chi connectivity index (χ0n) is 6.04. The first-order valence-corrected chi connectivity index (χ1v) is 3.07. The maximum absolute atomic E-state index is 10.2. The number of aliphatic hydroxyl groups excluding tert-OH is 1. The summed E-state index contributed by atoms with van der Waals surface area (Å²) in [5.74, 6) is -0.468. The maximum atomic E-state index is 10.2. The Kier molecular flexibility index (Phi) is 4.58. The third-order valence-corrected chi connectivity index (χ3v) is 1.07. The number of ether oxygens (including phenoxy) is 1. The smallest absolute Gasteiger partial charge is 0.302 e. The summed E-state index contributed by atoms with van der Waals surface area (Å²) in [6.07, 6.45) is 1.56. The van der Waals surface area contributed by atoms with Crippen LogP contribution in [0.5, 0.6) is 0 Å². The van der Waals surface area contributed by atoms with E-state index >= 15 is 0 Å². The Morgan fingerprint density at radius 1 is 1.90 bits per heavy atom. The zero-order valence-corrected chi connectivity index (χ0v) is 6.04. The van der Waals surface area contributed by atoms with E-state index < -0.39 is 0 Å². The van der Waals surface area contributed by atoms with Crippen molar-refractivity contribution < 1.29 is 14.6 Å². The molecule has 1 N–H and O–H groups in total. The van der Waals surface area contributed by atoms with Gasteiger partial charge in [-0.2, -0.15) is 0 Å². The van der Waals surface area contributed by atoms with E-state index in [1.54, 1.807) is 6.08 Å². The molecule has 0 aromatic heterocycles. The molecule has 0 amide bonds. The predicted molar refractivity (Wildman–Crippen MR) is 37.4 cm³/mol. The molecule has 10 heavy (non-hydrogen) atoms. The molecular formula is C7H12O3. The fourth-order valence-corrected chi connectivity index (χ4v) is 0.420. The summed E-state index contributed by atoms with van der Waals surface area (Å²) in [6, 6.07) is 0. The highest BCUT2D eigenvalue weighted by atomic mass is 16.5. The van der Waals surface area contributed by atoms with Crippen molar-refractivity contribution >= 4 is 5.97 Å². The van der Waals surface area contributed by atoms with Gasteiger partial charge in [0.25, 0.3) is 0 Å². The van der Waals surface area contributed by atoms with Gasteiger partial charge in [-0.15, -0.1) is 6.58 Å². The molecule has 0 spiro atoms. The number of rotatable bonds is 4. The maximum Gasteiger partial charge on any atom is 0.302 e.